The monoisotopic (exact) mass is 220 g/mol. The standard InChI is InChI=1S/C12H20N4/c1-10(15-6-4-13-5-7-15)12-8-16(9-14-12)11-2-3-11/h8-11,13H,2-7H2,1H3. The van der Waals surface area contributed by atoms with Crippen molar-refractivity contribution in [2.75, 3.05) is 26.2 Å². The van der Waals surface area contributed by atoms with Crippen molar-refractivity contribution in [2.24, 2.45) is 0 Å². The molecule has 4 nitrogen and oxygen atoms in total. The Morgan fingerprint density at radius 3 is 2.81 bits per heavy atom. The first-order valence-corrected chi connectivity index (χ1v) is 6.33. The van der Waals surface area contributed by atoms with E-state index in [4.69, 9.17) is 0 Å². The largest absolute Gasteiger partial charge is 0.334 e. The van der Waals surface area contributed by atoms with Crippen LogP contribution in [0, 0.1) is 0 Å². The molecule has 88 valence electrons. The van der Waals surface area contributed by atoms with Crippen molar-refractivity contribution < 1.29 is 0 Å². The molecule has 1 N–H and O–H groups in total. The minimum Gasteiger partial charge on any atom is -0.334 e. The molecule has 0 bridgehead atoms. The first-order valence-electron chi connectivity index (χ1n) is 6.33. The number of rotatable bonds is 3. The zero-order valence-electron chi connectivity index (χ0n) is 9.89. The second-order valence-electron chi connectivity index (χ2n) is 4.94. The summed E-state index contributed by atoms with van der Waals surface area (Å²) >= 11 is 0. The number of imidazole rings is 1. The molecular formula is C12H20N4. The third-order valence-electron chi connectivity index (χ3n) is 3.72. The Labute approximate surface area is 96.7 Å². The first kappa shape index (κ1) is 10.3. The summed E-state index contributed by atoms with van der Waals surface area (Å²) in [6, 6.07) is 1.21. The molecule has 4 heteroatoms. The summed E-state index contributed by atoms with van der Waals surface area (Å²) in [6.07, 6.45) is 6.91. The number of nitrogens with zero attached hydrogens (tertiary/aromatic N) is 3. The van der Waals surface area contributed by atoms with Crippen molar-refractivity contribution in [2.45, 2.75) is 31.8 Å². The van der Waals surface area contributed by atoms with Gasteiger partial charge in [0.15, 0.2) is 0 Å². The summed E-state index contributed by atoms with van der Waals surface area (Å²) in [5, 5.41) is 3.39. The highest BCUT2D eigenvalue weighted by Crippen LogP contribution is 2.35. The lowest BCUT2D eigenvalue weighted by Crippen LogP contribution is -2.44. The predicted octanol–water partition coefficient (Wildman–Crippen LogP) is 1.18. The van der Waals surface area contributed by atoms with Crippen LogP contribution in [-0.2, 0) is 0 Å². The Balaban J connectivity index is 1.69. The van der Waals surface area contributed by atoms with Gasteiger partial charge < -0.3 is 9.88 Å². The van der Waals surface area contributed by atoms with E-state index in [1.807, 2.05) is 6.33 Å². The molecule has 2 fully saturated rings. The van der Waals surface area contributed by atoms with Crippen LogP contribution in [0.25, 0.3) is 0 Å². The molecule has 2 aliphatic rings. The van der Waals surface area contributed by atoms with Crippen LogP contribution in [0.3, 0.4) is 0 Å². The van der Waals surface area contributed by atoms with E-state index in [2.05, 4.69) is 32.9 Å². The van der Waals surface area contributed by atoms with Crippen molar-refractivity contribution in [3.63, 3.8) is 0 Å². The average Bonchev–Trinajstić information content (AvgIpc) is 3.08. The van der Waals surface area contributed by atoms with E-state index < -0.39 is 0 Å². The average molecular weight is 220 g/mol. The van der Waals surface area contributed by atoms with Crippen molar-refractivity contribution in [3.8, 4) is 0 Å². The number of hydrogen-bond acceptors (Lipinski definition) is 3. The number of aromatic nitrogens is 2. The molecule has 1 saturated heterocycles. The van der Waals surface area contributed by atoms with Gasteiger partial charge in [-0.15, -0.1) is 0 Å². The zero-order chi connectivity index (χ0) is 11.0. The molecule has 1 saturated carbocycles. The van der Waals surface area contributed by atoms with Gasteiger partial charge in [-0.05, 0) is 19.8 Å². The van der Waals surface area contributed by atoms with E-state index in [0.717, 1.165) is 32.2 Å². The maximum Gasteiger partial charge on any atom is 0.0952 e. The van der Waals surface area contributed by atoms with Crippen LogP contribution >= 0.6 is 0 Å². The highest BCUT2D eigenvalue weighted by Gasteiger charge is 2.25. The van der Waals surface area contributed by atoms with Crippen molar-refractivity contribution >= 4 is 0 Å². The molecule has 1 aromatic heterocycles. The molecule has 16 heavy (non-hydrogen) atoms. The first-order chi connectivity index (χ1) is 7.84. The Kier molecular flexibility index (Phi) is 2.69. The van der Waals surface area contributed by atoms with Gasteiger partial charge in [-0.25, -0.2) is 4.98 Å². The molecule has 0 radical (unpaired) electrons. The van der Waals surface area contributed by atoms with Gasteiger partial charge >= 0.3 is 0 Å². The summed E-state index contributed by atoms with van der Waals surface area (Å²) in [5.74, 6) is 0. The lowest BCUT2D eigenvalue weighted by Gasteiger charge is -2.31. The minimum absolute atomic E-state index is 0.460. The van der Waals surface area contributed by atoms with Crippen LogP contribution in [0.1, 0.15) is 37.5 Å². The van der Waals surface area contributed by atoms with E-state index in [0.29, 0.717) is 6.04 Å². The molecular weight excluding hydrogens is 200 g/mol. The van der Waals surface area contributed by atoms with Crippen LogP contribution in [0.15, 0.2) is 12.5 Å². The lowest BCUT2D eigenvalue weighted by atomic mass is 10.2. The molecule has 1 atom stereocenters. The van der Waals surface area contributed by atoms with Gasteiger partial charge in [0.2, 0.25) is 0 Å². The van der Waals surface area contributed by atoms with E-state index in [9.17, 15) is 0 Å². The van der Waals surface area contributed by atoms with Crippen LogP contribution < -0.4 is 5.32 Å². The van der Waals surface area contributed by atoms with Gasteiger partial charge in [0.25, 0.3) is 0 Å². The Hall–Kier alpha value is -0.870. The molecule has 1 unspecified atom stereocenters. The topological polar surface area (TPSA) is 33.1 Å². The van der Waals surface area contributed by atoms with Crippen LogP contribution in [-0.4, -0.2) is 40.6 Å². The smallest absolute Gasteiger partial charge is 0.0952 e. The van der Waals surface area contributed by atoms with Crippen LogP contribution in [0.5, 0.6) is 0 Å². The van der Waals surface area contributed by atoms with Gasteiger partial charge in [0.05, 0.1) is 18.1 Å². The normalized spacial score (nSPS) is 24.6. The van der Waals surface area contributed by atoms with Gasteiger partial charge in [-0.3, -0.25) is 4.90 Å². The fraction of sp³-hybridized carbons (Fsp3) is 0.750. The van der Waals surface area contributed by atoms with Crippen molar-refractivity contribution in [1.82, 2.24) is 19.8 Å². The number of hydrogen-bond donors (Lipinski definition) is 1. The molecule has 1 aliphatic carbocycles. The molecule has 0 spiro atoms. The Morgan fingerprint density at radius 1 is 1.38 bits per heavy atom. The molecule has 0 amide bonds. The molecule has 1 aliphatic heterocycles. The SMILES string of the molecule is CC(c1cn(C2CC2)cn1)N1CCNCC1. The maximum absolute atomic E-state index is 4.55. The fourth-order valence-electron chi connectivity index (χ4n) is 2.40. The van der Waals surface area contributed by atoms with E-state index in [1.165, 1.54) is 18.5 Å². The summed E-state index contributed by atoms with van der Waals surface area (Å²) in [5.41, 5.74) is 1.23. The van der Waals surface area contributed by atoms with Crippen molar-refractivity contribution in [3.05, 3.63) is 18.2 Å². The second-order valence-corrected chi connectivity index (χ2v) is 4.94. The predicted molar refractivity (Wildman–Crippen MR) is 63.4 cm³/mol. The number of nitrogens with one attached hydrogen (secondary N) is 1. The van der Waals surface area contributed by atoms with Crippen molar-refractivity contribution in [1.29, 1.82) is 0 Å². The fourth-order valence-corrected chi connectivity index (χ4v) is 2.40. The van der Waals surface area contributed by atoms with Gasteiger partial charge in [-0.1, -0.05) is 0 Å². The van der Waals surface area contributed by atoms with E-state index in [-0.39, 0.29) is 0 Å². The molecule has 0 aromatic carbocycles. The zero-order valence-corrected chi connectivity index (χ0v) is 9.89. The molecule has 2 heterocycles. The Morgan fingerprint density at radius 2 is 2.12 bits per heavy atom. The van der Waals surface area contributed by atoms with Crippen LogP contribution in [0.2, 0.25) is 0 Å². The Bertz CT molecular complexity index is 350. The van der Waals surface area contributed by atoms with Gasteiger partial charge in [0, 0.05) is 38.4 Å². The third-order valence-corrected chi connectivity index (χ3v) is 3.72. The van der Waals surface area contributed by atoms with Crippen LogP contribution in [0.4, 0.5) is 0 Å². The van der Waals surface area contributed by atoms with Gasteiger partial charge in [-0.2, -0.15) is 0 Å². The molecule has 1 aromatic rings. The molecule has 3 rings (SSSR count). The third kappa shape index (κ3) is 1.99. The maximum atomic E-state index is 4.55. The second kappa shape index (κ2) is 4.18. The minimum atomic E-state index is 0.460. The van der Waals surface area contributed by atoms with E-state index >= 15 is 0 Å². The summed E-state index contributed by atoms with van der Waals surface area (Å²) in [6.45, 7) is 6.75. The number of piperazine rings is 1. The lowest BCUT2D eigenvalue weighted by molar-refractivity contribution is 0.183. The van der Waals surface area contributed by atoms with Gasteiger partial charge in [0.1, 0.15) is 0 Å². The highest BCUT2D eigenvalue weighted by atomic mass is 15.2. The summed E-state index contributed by atoms with van der Waals surface area (Å²) < 4.78 is 2.29. The quantitative estimate of drug-likeness (QED) is 0.830. The van der Waals surface area contributed by atoms with E-state index in [1.54, 1.807) is 0 Å². The summed E-state index contributed by atoms with van der Waals surface area (Å²) in [7, 11) is 0. The summed E-state index contributed by atoms with van der Waals surface area (Å²) in [4.78, 5) is 7.06. The highest BCUT2D eigenvalue weighted by molar-refractivity contribution is 5.06.